The molecule has 0 spiro atoms. The van der Waals surface area contributed by atoms with Crippen LogP contribution in [0.3, 0.4) is 0 Å². The smallest absolute Gasteiger partial charge is 0.387 e. The Bertz CT molecular complexity index is 836. The summed E-state index contributed by atoms with van der Waals surface area (Å²) in [4.78, 5) is 8.19. The zero-order chi connectivity index (χ0) is 18.5. The molecule has 0 radical (unpaired) electrons. The van der Waals surface area contributed by atoms with Crippen LogP contribution in [0.5, 0.6) is 17.4 Å². The van der Waals surface area contributed by atoms with E-state index in [2.05, 4.69) is 19.9 Å². The van der Waals surface area contributed by atoms with Gasteiger partial charge in [-0.3, -0.25) is 0 Å². The molecule has 0 saturated carbocycles. The lowest BCUT2D eigenvalue weighted by atomic mass is 10.2. The molecule has 3 rings (SSSR count). The van der Waals surface area contributed by atoms with E-state index in [1.807, 2.05) is 6.92 Å². The molecule has 1 aromatic carbocycles. The molecule has 0 aliphatic heterocycles. The SMILES string of the molecule is C[C@H](N)Cc1nc(-c2ccc(Oc3ccc(OC(F)F)cn3)cc2)no1. The first-order valence-electron chi connectivity index (χ1n) is 7.77. The molecular weight excluding hydrogens is 346 g/mol. The van der Waals surface area contributed by atoms with Crippen LogP contribution in [0.15, 0.2) is 47.1 Å². The topological polar surface area (TPSA) is 96.3 Å². The average molecular weight is 362 g/mol. The van der Waals surface area contributed by atoms with Gasteiger partial charge in [0.25, 0.3) is 0 Å². The maximum absolute atomic E-state index is 12.1. The minimum absolute atomic E-state index is 0.0394. The number of aromatic nitrogens is 3. The van der Waals surface area contributed by atoms with Gasteiger partial charge >= 0.3 is 6.61 Å². The maximum Gasteiger partial charge on any atom is 0.387 e. The van der Waals surface area contributed by atoms with E-state index in [1.165, 1.54) is 12.1 Å². The first-order valence-corrected chi connectivity index (χ1v) is 7.77. The summed E-state index contributed by atoms with van der Waals surface area (Å²) in [6.45, 7) is -1.04. The van der Waals surface area contributed by atoms with E-state index in [0.717, 1.165) is 11.8 Å². The van der Waals surface area contributed by atoms with Crippen molar-refractivity contribution >= 4 is 0 Å². The van der Waals surface area contributed by atoms with Gasteiger partial charge in [0, 0.05) is 24.1 Å². The van der Waals surface area contributed by atoms with Crippen LogP contribution in [0.2, 0.25) is 0 Å². The van der Waals surface area contributed by atoms with Crippen LogP contribution in [0.1, 0.15) is 12.8 Å². The number of halogens is 2. The lowest BCUT2D eigenvalue weighted by Gasteiger charge is -2.07. The van der Waals surface area contributed by atoms with Crippen molar-refractivity contribution < 1.29 is 22.8 Å². The molecule has 0 aliphatic rings. The highest BCUT2D eigenvalue weighted by Gasteiger charge is 2.11. The van der Waals surface area contributed by atoms with Crippen molar-refractivity contribution in [3.8, 4) is 28.8 Å². The monoisotopic (exact) mass is 362 g/mol. The zero-order valence-corrected chi connectivity index (χ0v) is 13.8. The van der Waals surface area contributed by atoms with Crippen LogP contribution in [-0.2, 0) is 6.42 Å². The molecule has 2 aromatic heterocycles. The highest BCUT2D eigenvalue weighted by atomic mass is 19.3. The third kappa shape index (κ3) is 4.73. The predicted octanol–water partition coefficient (Wildman–Crippen LogP) is 3.42. The molecule has 7 nitrogen and oxygen atoms in total. The fourth-order valence-corrected chi connectivity index (χ4v) is 2.12. The lowest BCUT2D eigenvalue weighted by Crippen LogP contribution is -2.17. The van der Waals surface area contributed by atoms with Crippen LogP contribution < -0.4 is 15.2 Å². The lowest BCUT2D eigenvalue weighted by molar-refractivity contribution is -0.0501. The number of benzene rings is 1. The summed E-state index contributed by atoms with van der Waals surface area (Å²) in [6.07, 6.45) is 1.67. The van der Waals surface area contributed by atoms with Crippen LogP contribution in [0.25, 0.3) is 11.4 Å². The largest absolute Gasteiger partial charge is 0.439 e. The van der Waals surface area contributed by atoms with E-state index in [1.54, 1.807) is 24.3 Å². The second-order valence-electron chi connectivity index (χ2n) is 5.53. The van der Waals surface area contributed by atoms with Crippen molar-refractivity contribution in [3.05, 3.63) is 48.5 Å². The van der Waals surface area contributed by atoms with E-state index in [4.69, 9.17) is 15.0 Å². The van der Waals surface area contributed by atoms with Gasteiger partial charge in [-0.15, -0.1) is 0 Å². The van der Waals surface area contributed by atoms with Gasteiger partial charge < -0.3 is 19.7 Å². The molecule has 9 heteroatoms. The summed E-state index contributed by atoms with van der Waals surface area (Å²) in [5.41, 5.74) is 6.46. The van der Waals surface area contributed by atoms with Crippen molar-refractivity contribution in [2.24, 2.45) is 5.73 Å². The Kier molecular flexibility index (Phi) is 5.37. The Morgan fingerprint density at radius 2 is 1.85 bits per heavy atom. The van der Waals surface area contributed by atoms with Gasteiger partial charge in [-0.05, 0) is 37.3 Å². The summed E-state index contributed by atoms with van der Waals surface area (Å²) in [6, 6.07) is 9.68. The van der Waals surface area contributed by atoms with Gasteiger partial charge in [0.15, 0.2) is 0 Å². The highest BCUT2D eigenvalue weighted by Crippen LogP contribution is 2.25. The second kappa shape index (κ2) is 7.87. The molecule has 26 heavy (non-hydrogen) atoms. The van der Waals surface area contributed by atoms with Crippen molar-refractivity contribution in [3.63, 3.8) is 0 Å². The minimum atomic E-state index is -2.89. The third-order valence-electron chi connectivity index (χ3n) is 3.23. The molecule has 0 aliphatic carbocycles. The van der Waals surface area contributed by atoms with Crippen LogP contribution in [-0.4, -0.2) is 27.8 Å². The number of nitrogens with zero attached hydrogens (tertiary/aromatic N) is 3. The molecule has 2 heterocycles. The summed E-state index contributed by atoms with van der Waals surface area (Å²) >= 11 is 0. The number of rotatable bonds is 7. The Morgan fingerprint density at radius 3 is 2.46 bits per heavy atom. The van der Waals surface area contributed by atoms with Gasteiger partial charge in [0.05, 0.1) is 6.20 Å². The standard InChI is InChI=1S/C17H16F2N4O3/c1-10(20)8-15-22-16(23-26-15)11-2-4-12(5-3-11)24-14-7-6-13(9-21-14)25-17(18)19/h2-7,9-10,17H,8,20H2,1H3/t10-/m0/s1. The normalized spacial score (nSPS) is 12.2. The van der Waals surface area contributed by atoms with Crippen LogP contribution in [0.4, 0.5) is 8.78 Å². The molecular formula is C17H16F2N4O3. The number of hydrogen-bond acceptors (Lipinski definition) is 7. The van der Waals surface area contributed by atoms with Crippen LogP contribution in [0, 0.1) is 0 Å². The zero-order valence-electron chi connectivity index (χ0n) is 13.8. The molecule has 0 bridgehead atoms. The number of nitrogens with two attached hydrogens (primary N) is 1. The van der Waals surface area contributed by atoms with Gasteiger partial charge in [0.1, 0.15) is 11.5 Å². The summed E-state index contributed by atoms with van der Waals surface area (Å²) in [5, 5.41) is 3.92. The number of hydrogen-bond donors (Lipinski definition) is 1. The first-order chi connectivity index (χ1) is 12.5. The molecule has 2 N–H and O–H groups in total. The Morgan fingerprint density at radius 1 is 1.12 bits per heavy atom. The van der Waals surface area contributed by atoms with Gasteiger partial charge in [-0.2, -0.15) is 13.8 Å². The van der Waals surface area contributed by atoms with E-state index >= 15 is 0 Å². The van der Waals surface area contributed by atoms with Gasteiger partial charge in [-0.1, -0.05) is 5.16 Å². The fourth-order valence-electron chi connectivity index (χ4n) is 2.12. The van der Waals surface area contributed by atoms with Gasteiger partial charge in [-0.25, -0.2) is 4.98 Å². The molecule has 3 aromatic rings. The Labute approximate surface area is 147 Å². The summed E-state index contributed by atoms with van der Waals surface area (Å²) in [7, 11) is 0. The van der Waals surface area contributed by atoms with E-state index in [-0.39, 0.29) is 17.7 Å². The summed E-state index contributed by atoms with van der Waals surface area (Å²) < 4.78 is 39.1. The number of alkyl halides is 2. The fraction of sp³-hybridized carbons (Fsp3) is 0.235. The molecule has 136 valence electrons. The molecule has 1 atom stereocenters. The predicted molar refractivity (Wildman–Crippen MR) is 88.0 cm³/mol. The van der Waals surface area contributed by atoms with E-state index < -0.39 is 6.61 Å². The molecule has 0 fully saturated rings. The maximum atomic E-state index is 12.1. The van der Waals surface area contributed by atoms with Crippen LogP contribution >= 0.6 is 0 Å². The molecule has 0 amide bonds. The van der Waals surface area contributed by atoms with E-state index in [0.29, 0.717) is 23.9 Å². The minimum Gasteiger partial charge on any atom is -0.439 e. The molecule has 0 unspecified atom stereocenters. The number of ether oxygens (including phenoxy) is 2. The van der Waals surface area contributed by atoms with Crippen molar-refractivity contribution in [1.82, 2.24) is 15.1 Å². The highest BCUT2D eigenvalue weighted by molar-refractivity contribution is 5.55. The van der Waals surface area contributed by atoms with Gasteiger partial charge in [0.2, 0.25) is 17.6 Å². The van der Waals surface area contributed by atoms with E-state index in [9.17, 15) is 8.78 Å². The summed E-state index contributed by atoms with van der Waals surface area (Å²) in [5.74, 6) is 1.66. The second-order valence-corrected chi connectivity index (χ2v) is 5.53. The first kappa shape index (κ1) is 17.7. The molecule has 0 saturated heterocycles. The third-order valence-corrected chi connectivity index (χ3v) is 3.23. The van der Waals surface area contributed by atoms with Crippen molar-refractivity contribution in [1.29, 1.82) is 0 Å². The van der Waals surface area contributed by atoms with Crippen molar-refractivity contribution in [2.75, 3.05) is 0 Å². The quantitative estimate of drug-likeness (QED) is 0.688. The Balaban J connectivity index is 1.65. The average Bonchev–Trinajstić information content (AvgIpc) is 3.04. The Hall–Kier alpha value is -3.07. The van der Waals surface area contributed by atoms with Crippen molar-refractivity contribution in [2.45, 2.75) is 26.0 Å². The number of pyridine rings is 1.